The van der Waals surface area contributed by atoms with Gasteiger partial charge in [0.25, 0.3) is 0 Å². The molecule has 0 unspecified atom stereocenters. The summed E-state index contributed by atoms with van der Waals surface area (Å²) in [7, 11) is 0. The van der Waals surface area contributed by atoms with Gasteiger partial charge in [0.1, 0.15) is 5.75 Å². The summed E-state index contributed by atoms with van der Waals surface area (Å²) < 4.78 is 29.6. The van der Waals surface area contributed by atoms with Crippen molar-refractivity contribution in [3.8, 4) is 5.75 Å². The monoisotopic (exact) mass is 329 g/mol. The lowest BCUT2D eigenvalue weighted by atomic mass is 10.2. The fraction of sp³-hybridized carbons (Fsp3) is 0.250. The zero-order chi connectivity index (χ0) is 10.7. The zero-order valence-corrected chi connectivity index (χ0v) is 10.1. The minimum atomic E-state index is -2.86. The minimum absolute atomic E-state index is 0.0804. The van der Waals surface area contributed by atoms with E-state index in [1.165, 1.54) is 0 Å². The number of halogens is 4. The standard InChI is InChI=1S/C8H7Br2F2NO/c9-5-1-2-6(10)7(4(5)3-13)14-8(11)12/h1-2,8H,3,13H2. The Morgan fingerprint density at radius 3 is 2.36 bits per heavy atom. The Morgan fingerprint density at radius 1 is 1.29 bits per heavy atom. The van der Waals surface area contributed by atoms with E-state index in [-0.39, 0.29) is 12.3 Å². The van der Waals surface area contributed by atoms with E-state index in [9.17, 15) is 8.78 Å². The molecule has 14 heavy (non-hydrogen) atoms. The van der Waals surface area contributed by atoms with Crippen LogP contribution in [0.15, 0.2) is 21.1 Å². The van der Waals surface area contributed by atoms with Crippen LogP contribution < -0.4 is 10.5 Å². The molecule has 0 aliphatic carbocycles. The van der Waals surface area contributed by atoms with Crippen molar-refractivity contribution in [2.45, 2.75) is 13.2 Å². The van der Waals surface area contributed by atoms with E-state index in [1.807, 2.05) is 0 Å². The minimum Gasteiger partial charge on any atom is -0.433 e. The zero-order valence-electron chi connectivity index (χ0n) is 6.94. The number of alkyl halides is 2. The van der Waals surface area contributed by atoms with Crippen LogP contribution in [0.5, 0.6) is 5.75 Å². The third kappa shape index (κ3) is 2.65. The highest BCUT2D eigenvalue weighted by Gasteiger charge is 2.14. The van der Waals surface area contributed by atoms with Crippen LogP contribution in [-0.4, -0.2) is 6.61 Å². The molecule has 0 amide bonds. The number of nitrogens with two attached hydrogens (primary N) is 1. The molecule has 2 nitrogen and oxygen atoms in total. The molecule has 0 aliphatic heterocycles. The fourth-order valence-electron chi connectivity index (χ4n) is 0.982. The Kier molecular flexibility index (Phi) is 4.28. The van der Waals surface area contributed by atoms with Gasteiger partial charge in [-0.3, -0.25) is 0 Å². The van der Waals surface area contributed by atoms with Crippen molar-refractivity contribution in [1.29, 1.82) is 0 Å². The van der Waals surface area contributed by atoms with Crippen LogP contribution in [0.25, 0.3) is 0 Å². The molecule has 0 atom stereocenters. The number of hydrogen-bond donors (Lipinski definition) is 1. The van der Waals surface area contributed by atoms with Crippen LogP contribution in [0.4, 0.5) is 8.78 Å². The van der Waals surface area contributed by atoms with E-state index in [1.54, 1.807) is 12.1 Å². The summed E-state index contributed by atoms with van der Waals surface area (Å²) in [6.07, 6.45) is 0. The van der Waals surface area contributed by atoms with Crippen LogP contribution in [-0.2, 0) is 6.54 Å². The molecule has 1 rings (SSSR count). The highest BCUT2D eigenvalue weighted by molar-refractivity contribution is 9.11. The first-order chi connectivity index (χ1) is 6.56. The molecule has 0 saturated carbocycles. The van der Waals surface area contributed by atoms with E-state index < -0.39 is 6.61 Å². The summed E-state index contributed by atoms with van der Waals surface area (Å²) in [5, 5.41) is 0. The summed E-state index contributed by atoms with van der Waals surface area (Å²) >= 11 is 6.32. The Hall–Kier alpha value is -0.200. The molecule has 0 radical (unpaired) electrons. The molecular formula is C8H7Br2F2NO. The predicted octanol–water partition coefficient (Wildman–Crippen LogP) is 3.27. The normalized spacial score (nSPS) is 10.7. The lowest BCUT2D eigenvalue weighted by molar-refractivity contribution is -0.0509. The van der Waals surface area contributed by atoms with Gasteiger partial charge in [-0.2, -0.15) is 8.78 Å². The van der Waals surface area contributed by atoms with Crippen molar-refractivity contribution in [3.05, 3.63) is 26.6 Å². The number of benzene rings is 1. The van der Waals surface area contributed by atoms with Gasteiger partial charge in [-0.15, -0.1) is 0 Å². The molecule has 0 bridgehead atoms. The maximum atomic E-state index is 12.0. The smallest absolute Gasteiger partial charge is 0.387 e. The number of hydrogen-bond acceptors (Lipinski definition) is 2. The van der Waals surface area contributed by atoms with Gasteiger partial charge >= 0.3 is 6.61 Å². The van der Waals surface area contributed by atoms with E-state index in [0.29, 0.717) is 14.5 Å². The maximum Gasteiger partial charge on any atom is 0.387 e. The SMILES string of the molecule is NCc1c(Br)ccc(Br)c1OC(F)F. The molecule has 2 N–H and O–H groups in total. The van der Waals surface area contributed by atoms with Crippen LogP contribution in [0.3, 0.4) is 0 Å². The van der Waals surface area contributed by atoms with Gasteiger partial charge in [0.05, 0.1) is 4.47 Å². The van der Waals surface area contributed by atoms with Crippen molar-refractivity contribution < 1.29 is 13.5 Å². The molecule has 1 aromatic rings. The van der Waals surface area contributed by atoms with Crippen LogP contribution in [0.1, 0.15) is 5.56 Å². The maximum absolute atomic E-state index is 12.0. The van der Waals surface area contributed by atoms with Crippen molar-refractivity contribution in [1.82, 2.24) is 0 Å². The Morgan fingerprint density at radius 2 is 1.86 bits per heavy atom. The Balaban J connectivity index is 3.16. The largest absolute Gasteiger partial charge is 0.433 e. The molecule has 6 heteroatoms. The first kappa shape index (κ1) is 11.9. The molecule has 0 fully saturated rings. The highest BCUT2D eigenvalue weighted by Crippen LogP contribution is 2.35. The molecule has 0 heterocycles. The van der Waals surface area contributed by atoms with Gasteiger partial charge < -0.3 is 10.5 Å². The van der Waals surface area contributed by atoms with Crippen LogP contribution in [0.2, 0.25) is 0 Å². The van der Waals surface area contributed by atoms with Gasteiger partial charge in [-0.25, -0.2) is 0 Å². The quantitative estimate of drug-likeness (QED) is 0.923. The van der Waals surface area contributed by atoms with Crippen LogP contribution >= 0.6 is 31.9 Å². The highest BCUT2D eigenvalue weighted by atomic mass is 79.9. The molecule has 0 aromatic heterocycles. The van der Waals surface area contributed by atoms with Crippen molar-refractivity contribution in [3.63, 3.8) is 0 Å². The van der Waals surface area contributed by atoms with E-state index in [0.717, 1.165) is 0 Å². The summed E-state index contributed by atoms with van der Waals surface area (Å²) in [6, 6.07) is 3.32. The average molecular weight is 331 g/mol. The predicted molar refractivity (Wildman–Crippen MR) is 56.4 cm³/mol. The third-order valence-corrected chi connectivity index (χ3v) is 2.93. The molecule has 0 aliphatic rings. The third-order valence-electron chi connectivity index (χ3n) is 1.57. The molecular weight excluding hydrogens is 324 g/mol. The second-order valence-corrected chi connectivity index (χ2v) is 4.13. The molecule has 0 spiro atoms. The first-order valence-electron chi connectivity index (χ1n) is 3.68. The average Bonchev–Trinajstić information content (AvgIpc) is 2.11. The van der Waals surface area contributed by atoms with E-state index >= 15 is 0 Å². The molecule has 78 valence electrons. The number of rotatable bonds is 3. The Labute approximate surface area is 96.7 Å². The molecule has 1 aromatic carbocycles. The lowest BCUT2D eigenvalue weighted by Gasteiger charge is -2.12. The van der Waals surface area contributed by atoms with E-state index in [2.05, 4.69) is 36.6 Å². The van der Waals surface area contributed by atoms with Gasteiger partial charge in [0.15, 0.2) is 0 Å². The second-order valence-electron chi connectivity index (χ2n) is 2.42. The topological polar surface area (TPSA) is 35.2 Å². The summed E-state index contributed by atoms with van der Waals surface area (Å²) in [5.74, 6) is 0.0804. The van der Waals surface area contributed by atoms with Crippen molar-refractivity contribution >= 4 is 31.9 Å². The van der Waals surface area contributed by atoms with Crippen LogP contribution in [0, 0.1) is 0 Å². The first-order valence-corrected chi connectivity index (χ1v) is 5.26. The summed E-state index contributed by atoms with van der Waals surface area (Å²) in [5.41, 5.74) is 5.93. The van der Waals surface area contributed by atoms with Gasteiger partial charge in [-0.1, -0.05) is 15.9 Å². The fourth-order valence-corrected chi connectivity index (χ4v) is 1.92. The lowest BCUT2D eigenvalue weighted by Crippen LogP contribution is -2.08. The second kappa shape index (κ2) is 5.04. The summed E-state index contributed by atoms with van der Waals surface area (Å²) in [4.78, 5) is 0. The van der Waals surface area contributed by atoms with Crippen molar-refractivity contribution in [2.75, 3.05) is 0 Å². The van der Waals surface area contributed by atoms with Crippen molar-refractivity contribution in [2.24, 2.45) is 5.73 Å². The van der Waals surface area contributed by atoms with E-state index in [4.69, 9.17) is 5.73 Å². The number of ether oxygens (including phenoxy) is 1. The van der Waals surface area contributed by atoms with Gasteiger partial charge in [0, 0.05) is 16.6 Å². The Bertz CT molecular complexity index is 333. The van der Waals surface area contributed by atoms with Gasteiger partial charge in [0.2, 0.25) is 0 Å². The summed E-state index contributed by atoms with van der Waals surface area (Å²) in [6.45, 7) is -2.73. The molecule has 0 saturated heterocycles. The van der Waals surface area contributed by atoms with Gasteiger partial charge in [-0.05, 0) is 28.1 Å².